The van der Waals surface area contributed by atoms with E-state index in [9.17, 15) is 9.59 Å². The third-order valence-electron chi connectivity index (χ3n) is 2.67. The Bertz CT molecular complexity index is 279. The number of carbonyl (C=O) groups is 2. The summed E-state index contributed by atoms with van der Waals surface area (Å²) in [5, 5.41) is 0. The summed E-state index contributed by atoms with van der Waals surface area (Å²) >= 11 is 0. The first-order valence-corrected chi connectivity index (χ1v) is 6.00. The van der Waals surface area contributed by atoms with E-state index in [2.05, 4.69) is 18.6 Å². The maximum atomic E-state index is 11.1. The predicted octanol–water partition coefficient (Wildman–Crippen LogP) is 2.85. The SMILES string of the molecule is CC(C)CCCCC=CC1CC(=O)OC1=O. The van der Waals surface area contributed by atoms with Gasteiger partial charge in [0, 0.05) is 0 Å². The fraction of sp³-hybridized carbons (Fsp3) is 0.692. The van der Waals surface area contributed by atoms with E-state index in [-0.39, 0.29) is 12.3 Å². The van der Waals surface area contributed by atoms with Crippen LogP contribution in [0, 0.1) is 11.8 Å². The van der Waals surface area contributed by atoms with Gasteiger partial charge >= 0.3 is 11.9 Å². The molecule has 1 aliphatic heterocycles. The van der Waals surface area contributed by atoms with Crippen molar-refractivity contribution in [3.05, 3.63) is 12.2 Å². The van der Waals surface area contributed by atoms with Gasteiger partial charge in [0.25, 0.3) is 0 Å². The van der Waals surface area contributed by atoms with Crippen molar-refractivity contribution < 1.29 is 14.3 Å². The molecular weight excluding hydrogens is 204 g/mol. The van der Waals surface area contributed by atoms with Crippen LogP contribution < -0.4 is 0 Å². The van der Waals surface area contributed by atoms with Crippen LogP contribution in [0.2, 0.25) is 0 Å². The largest absolute Gasteiger partial charge is 0.393 e. The van der Waals surface area contributed by atoms with Crippen LogP contribution in [-0.2, 0) is 14.3 Å². The Labute approximate surface area is 96.9 Å². The number of carbonyl (C=O) groups excluding carboxylic acids is 2. The lowest BCUT2D eigenvalue weighted by Crippen LogP contribution is -2.03. The second-order valence-electron chi connectivity index (χ2n) is 4.71. The Balaban J connectivity index is 2.13. The zero-order valence-corrected chi connectivity index (χ0v) is 10.1. The van der Waals surface area contributed by atoms with Crippen LogP contribution in [0.4, 0.5) is 0 Å². The lowest BCUT2D eigenvalue weighted by atomic mass is 10.0. The van der Waals surface area contributed by atoms with Gasteiger partial charge in [0.1, 0.15) is 0 Å². The van der Waals surface area contributed by atoms with Crippen LogP contribution in [0.3, 0.4) is 0 Å². The maximum Gasteiger partial charge on any atom is 0.321 e. The molecule has 3 heteroatoms. The molecular formula is C13H20O3. The van der Waals surface area contributed by atoms with Gasteiger partial charge in [-0.05, 0) is 18.8 Å². The van der Waals surface area contributed by atoms with Crippen molar-refractivity contribution >= 4 is 11.9 Å². The van der Waals surface area contributed by atoms with Crippen LogP contribution in [0.5, 0.6) is 0 Å². The summed E-state index contributed by atoms with van der Waals surface area (Å²) in [7, 11) is 0. The highest BCUT2D eigenvalue weighted by Gasteiger charge is 2.30. The molecule has 3 nitrogen and oxygen atoms in total. The first kappa shape index (κ1) is 12.9. The quantitative estimate of drug-likeness (QED) is 0.301. The fourth-order valence-corrected chi connectivity index (χ4v) is 1.71. The molecule has 0 spiro atoms. The number of unbranched alkanes of at least 4 members (excludes halogenated alkanes) is 2. The van der Waals surface area contributed by atoms with Gasteiger partial charge in [0.15, 0.2) is 0 Å². The molecule has 1 aliphatic rings. The van der Waals surface area contributed by atoms with Crippen molar-refractivity contribution in [3.63, 3.8) is 0 Å². The topological polar surface area (TPSA) is 43.4 Å². The molecule has 0 aromatic rings. The van der Waals surface area contributed by atoms with Gasteiger partial charge in [0.2, 0.25) is 0 Å². The number of hydrogen-bond donors (Lipinski definition) is 0. The van der Waals surface area contributed by atoms with Crippen LogP contribution in [0.15, 0.2) is 12.2 Å². The van der Waals surface area contributed by atoms with Crippen molar-refractivity contribution in [1.82, 2.24) is 0 Å². The molecule has 0 aliphatic carbocycles. The number of cyclic esters (lactones) is 2. The van der Waals surface area contributed by atoms with Crippen LogP contribution in [-0.4, -0.2) is 11.9 Å². The Kier molecular flexibility index (Phi) is 5.23. The van der Waals surface area contributed by atoms with Gasteiger partial charge in [-0.25, -0.2) is 0 Å². The second kappa shape index (κ2) is 6.46. The first-order chi connectivity index (χ1) is 7.59. The summed E-state index contributed by atoms with van der Waals surface area (Å²) in [5.41, 5.74) is 0. The predicted molar refractivity (Wildman–Crippen MR) is 61.7 cm³/mol. The normalized spacial score (nSPS) is 21.1. The van der Waals surface area contributed by atoms with Gasteiger partial charge in [-0.2, -0.15) is 0 Å². The minimum absolute atomic E-state index is 0.210. The lowest BCUT2D eigenvalue weighted by Gasteiger charge is -2.02. The zero-order valence-electron chi connectivity index (χ0n) is 10.1. The second-order valence-corrected chi connectivity index (χ2v) is 4.71. The highest BCUT2D eigenvalue weighted by molar-refractivity contribution is 5.95. The van der Waals surface area contributed by atoms with Gasteiger partial charge in [-0.1, -0.05) is 38.8 Å². The van der Waals surface area contributed by atoms with Gasteiger partial charge in [0.05, 0.1) is 12.3 Å². The molecule has 1 unspecified atom stereocenters. The van der Waals surface area contributed by atoms with Crippen molar-refractivity contribution in [1.29, 1.82) is 0 Å². The molecule has 0 N–H and O–H groups in total. The van der Waals surface area contributed by atoms with Crippen LogP contribution in [0.25, 0.3) is 0 Å². The molecule has 0 aromatic heterocycles. The average Bonchev–Trinajstić information content (AvgIpc) is 2.50. The Hall–Kier alpha value is -1.12. The van der Waals surface area contributed by atoms with Gasteiger partial charge in [-0.15, -0.1) is 0 Å². The van der Waals surface area contributed by atoms with E-state index < -0.39 is 11.9 Å². The number of ether oxygens (including phenoxy) is 1. The van der Waals surface area contributed by atoms with Gasteiger partial charge in [-0.3, -0.25) is 9.59 Å². The summed E-state index contributed by atoms with van der Waals surface area (Å²) < 4.78 is 4.45. The molecule has 0 saturated carbocycles. The van der Waals surface area contributed by atoms with Crippen molar-refractivity contribution in [2.75, 3.05) is 0 Å². The maximum absolute atomic E-state index is 11.1. The minimum Gasteiger partial charge on any atom is -0.393 e. The van der Waals surface area contributed by atoms with E-state index in [1.54, 1.807) is 0 Å². The summed E-state index contributed by atoms with van der Waals surface area (Å²) in [4.78, 5) is 21.9. The summed E-state index contributed by atoms with van der Waals surface area (Å²) in [5.74, 6) is -0.383. The van der Waals surface area contributed by atoms with Crippen LogP contribution in [0.1, 0.15) is 46.0 Å². The molecule has 1 rings (SSSR count). The Morgan fingerprint density at radius 2 is 2.12 bits per heavy atom. The third-order valence-corrected chi connectivity index (χ3v) is 2.67. The average molecular weight is 224 g/mol. The standard InChI is InChI=1S/C13H20O3/c1-10(2)7-5-3-4-6-8-11-9-12(14)16-13(11)15/h6,8,10-11H,3-5,7,9H2,1-2H3. The molecule has 0 amide bonds. The number of allylic oxidation sites excluding steroid dienone is 1. The number of hydrogen-bond acceptors (Lipinski definition) is 3. The minimum atomic E-state index is -0.403. The van der Waals surface area contributed by atoms with E-state index in [4.69, 9.17) is 0 Å². The van der Waals surface area contributed by atoms with Crippen molar-refractivity contribution in [2.45, 2.75) is 46.0 Å². The lowest BCUT2D eigenvalue weighted by molar-refractivity contribution is -0.152. The Morgan fingerprint density at radius 3 is 2.69 bits per heavy atom. The molecule has 1 fully saturated rings. The van der Waals surface area contributed by atoms with Crippen molar-refractivity contribution in [2.24, 2.45) is 11.8 Å². The van der Waals surface area contributed by atoms with Crippen molar-refractivity contribution in [3.8, 4) is 0 Å². The zero-order chi connectivity index (χ0) is 12.0. The smallest absolute Gasteiger partial charge is 0.321 e. The summed E-state index contributed by atoms with van der Waals surface area (Å²) in [6, 6.07) is 0. The molecule has 1 saturated heterocycles. The van der Waals surface area contributed by atoms with E-state index in [0.717, 1.165) is 18.8 Å². The fourth-order valence-electron chi connectivity index (χ4n) is 1.71. The highest BCUT2D eigenvalue weighted by Crippen LogP contribution is 2.17. The summed E-state index contributed by atoms with van der Waals surface area (Å²) in [6.45, 7) is 4.44. The number of esters is 2. The highest BCUT2D eigenvalue weighted by atomic mass is 16.6. The molecule has 0 aromatic carbocycles. The van der Waals surface area contributed by atoms with E-state index in [1.807, 2.05) is 12.2 Å². The summed E-state index contributed by atoms with van der Waals surface area (Å²) in [6.07, 6.45) is 8.59. The first-order valence-electron chi connectivity index (χ1n) is 6.00. The van der Waals surface area contributed by atoms with E-state index >= 15 is 0 Å². The van der Waals surface area contributed by atoms with Gasteiger partial charge < -0.3 is 4.74 Å². The Morgan fingerprint density at radius 1 is 1.38 bits per heavy atom. The molecule has 1 atom stereocenters. The molecule has 1 heterocycles. The van der Waals surface area contributed by atoms with Crippen LogP contribution >= 0.6 is 0 Å². The molecule has 0 bridgehead atoms. The molecule has 0 radical (unpaired) electrons. The van der Waals surface area contributed by atoms with E-state index in [0.29, 0.717) is 0 Å². The molecule has 90 valence electrons. The van der Waals surface area contributed by atoms with E-state index in [1.165, 1.54) is 12.8 Å². The monoisotopic (exact) mass is 224 g/mol. The number of rotatable bonds is 6. The molecule has 16 heavy (non-hydrogen) atoms. The third kappa shape index (κ3) is 4.60.